The Morgan fingerprint density at radius 1 is 1.11 bits per heavy atom. The second-order valence-electron chi connectivity index (χ2n) is 5.69. The largest absolute Gasteiger partial charge is 0.493 e. The number of allylic oxidation sites excluding steroid dienone is 1. The maximum atomic E-state index is 6.07. The second kappa shape index (κ2) is 8.97. The van der Waals surface area contributed by atoms with Crippen LogP contribution in [0.15, 0.2) is 60.3 Å². The fraction of sp³-hybridized carbons (Fsp3) is 0.200. The molecule has 0 N–H and O–H groups in total. The number of aromatic nitrogens is 3. The van der Waals surface area contributed by atoms with Gasteiger partial charge in [-0.05, 0) is 35.9 Å². The van der Waals surface area contributed by atoms with Crippen LogP contribution in [0.25, 0.3) is 11.4 Å². The molecule has 7 heteroatoms. The molecule has 27 heavy (non-hydrogen) atoms. The molecular weight excluding hydrogens is 382 g/mol. The molecule has 140 valence electrons. The molecule has 0 unspecified atom stereocenters. The van der Waals surface area contributed by atoms with E-state index in [9.17, 15) is 0 Å². The van der Waals surface area contributed by atoms with Crippen molar-refractivity contribution in [1.82, 2.24) is 14.8 Å². The first-order valence-electron chi connectivity index (χ1n) is 8.30. The number of halogens is 1. The van der Waals surface area contributed by atoms with E-state index in [0.717, 1.165) is 32.9 Å². The Hall–Kier alpha value is -2.44. The van der Waals surface area contributed by atoms with E-state index < -0.39 is 0 Å². The van der Waals surface area contributed by atoms with Crippen molar-refractivity contribution in [3.05, 3.63) is 65.7 Å². The highest BCUT2D eigenvalue weighted by Gasteiger charge is 2.16. The molecule has 5 nitrogen and oxygen atoms in total. The van der Waals surface area contributed by atoms with Crippen molar-refractivity contribution >= 4 is 23.4 Å². The molecule has 0 radical (unpaired) electrons. The molecule has 0 aliphatic heterocycles. The van der Waals surface area contributed by atoms with Crippen molar-refractivity contribution in [2.45, 2.75) is 17.5 Å². The average molecular weight is 402 g/mol. The van der Waals surface area contributed by atoms with Crippen LogP contribution < -0.4 is 9.47 Å². The number of benzene rings is 2. The van der Waals surface area contributed by atoms with Gasteiger partial charge in [0.25, 0.3) is 0 Å². The monoisotopic (exact) mass is 401 g/mol. The zero-order valence-corrected chi connectivity index (χ0v) is 16.8. The molecule has 0 fully saturated rings. The van der Waals surface area contributed by atoms with Gasteiger partial charge in [-0.1, -0.05) is 41.6 Å². The molecule has 0 amide bonds. The first-order chi connectivity index (χ1) is 13.2. The molecule has 1 heterocycles. The fourth-order valence-corrected chi connectivity index (χ4v) is 3.76. The molecule has 1 aromatic heterocycles. The van der Waals surface area contributed by atoms with Gasteiger partial charge in [-0.2, -0.15) is 0 Å². The summed E-state index contributed by atoms with van der Waals surface area (Å²) < 4.78 is 12.7. The lowest BCUT2D eigenvalue weighted by Gasteiger charge is -2.11. The predicted octanol–water partition coefficient (Wildman–Crippen LogP) is 5.09. The van der Waals surface area contributed by atoms with Crippen molar-refractivity contribution in [2.24, 2.45) is 0 Å². The normalized spacial score (nSPS) is 10.6. The highest BCUT2D eigenvalue weighted by atomic mass is 35.5. The number of nitrogens with zero attached hydrogens (tertiary/aromatic N) is 3. The minimum atomic E-state index is 0.606. The second-order valence-corrected chi connectivity index (χ2v) is 7.07. The maximum absolute atomic E-state index is 6.07. The lowest BCUT2D eigenvalue weighted by Crippen LogP contribution is -2.01. The fourth-order valence-electron chi connectivity index (χ4n) is 2.65. The van der Waals surface area contributed by atoms with Gasteiger partial charge < -0.3 is 9.47 Å². The van der Waals surface area contributed by atoms with Gasteiger partial charge in [0.2, 0.25) is 0 Å². The third-order valence-electron chi connectivity index (χ3n) is 3.93. The van der Waals surface area contributed by atoms with E-state index in [1.807, 2.05) is 53.1 Å². The zero-order chi connectivity index (χ0) is 19.2. The highest BCUT2D eigenvalue weighted by molar-refractivity contribution is 7.98. The van der Waals surface area contributed by atoms with Crippen LogP contribution in [0.5, 0.6) is 11.5 Å². The van der Waals surface area contributed by atoms with Crippen molar-refractivity contribution in [3.63, 3.8) is 0 Å². The van der Waals surface area contributed by atoms with Crippen LogP contribution in [0, 0.1) is 0 Å². The lowest BCUT2D eigenvalue weighted by atomic mass is 10.2. The summed E-state index contributed by atoms with van der Waals surface area (Å²) in [5.74, 6) is 2.83. The number of rotatable bonds is 8. The molecule has 0 atom stereocenters. The van der Waals surface area contributed by atoms with Crippen LogP contribution in [-0.4, -0.2) is 29.0 Å². The summed E-state index contributed by atoms with van der Waals surface area (Å²) in [6.45, 7) is 4.46. The molecule has 0 spiro atoms. The lowest BCUT2D eigenvalue weighted by molar-refractivity contribution is 0.355. The zero-order valence-electron chi connectivity index (χ0n) is 15.2. The van der Waals surface area contributed by atoms with Crippen LogP contribution in [0.1, 0.15) is 5.56 Å². The van der Waals surface area contributed by atoms with Crippen LogP contribution in [0.3, 0.4) is 0 Å². The summed E-state index contributed by atoms with van der Waals surface area (Å²) >= 11 is 7.68. The molecule has 0 saturated heterocycles. The van der Waals surface area contributed by atoms with Gasteiger partial charge in [0.05, 0.1) is 14.2 Å². The molecular formula is C20H20ClN3O2S. The van der Waals surface area contributed by atoms with Gasteiger partial charge in [0.15, 0.2) is 22.5 Å². The van der Waals surface area contributed by atoms with Gasteiger partial charge in [-0.3, -0.25) is 4.57 Å². The summed E-state index contributed by atoms with van der Waals surface area (Å²) in [6.07, 6.45) is 1.83. The molecule has 0 aliphatic rings. The van der Waals surface area contributed by atoms with Crippen LogP contribution >= 0.6 is 23.4 Å². The first kappa shape index (κ1) is 19.3. The van der Waals surface area contributed by atoms with Gasteiger partial charge in [0, 0.05) is 22.9 Å². The van der Waals surface area contributed by atoms with Gasteiger partial charge in [0.1, 0.15) is 0 Å². The Balaban J connectivity index is 1.90. The molecule has 2 aromatic carbocycles. The highest BCUT2D eigenvalue weighted by Crippen LogP contribution is 2.33. The standard InChI is InChI=1S/C20H20ClN3O2S/c1-4-10-24-19(15-8-9-17(25-2)18(12-15)26-3)22-23-20(24)27-13-14-6-5-7-16(21)11-14/h4-9,11-12H,1,10,13H2,2-3H3. The Labute approximate surface area is 168 Å². The van der Waals surface area contributed by atoms with E-state index in [1.54, 1.807) is 26.0 Å². The topological polar surface area (TPSA) is 49.2 Å². The van der Waals surface area contributed by atoms with Crippen LogP contribution in [0.2, 0.25) is 5.02 Å². The number of ether oxygens (including phenoxy) is 2. The molecule has 0 aliphatic carbocycles. The van der Waals surface area contributed by atoms with Crippen molar-refractivity contribution in [1.29, 1.82) is 0 Å². The van der Waals surface area contributed by atoms with Gasteiger partial charge in [-0.25, -0.2) is 0 Å². The Morgan fingerprint density at radius 3 is 2.63 bits per heavy atom. The third-order valence-corrected chi connectivity index (χ3v) is 5.20. The van der Waals surface area contributed by atoms with E-state index in [4.69, 9.17) is 21.1 Å². The average Bonchev–Trinajstić information content (AvgIpc) is 3.09. The number of hydrogen-bond donors (Lipinski definition) is 0. The van der Waals surface area contributed by atoms with Crippen molar-refractivity contribution < 1.29 is 9.47 Å². The molecule has 3 aromatic rings. The predicted molar refractivity (Wildman–Crippen MR) is 110 cm³/mol. The van der Waals surface area contributed by atoms with E-state index in [2.05, 4.69) is 16.8 Å². The number of thioether (sulfide) groups is 1. The van der Waals surface area contributed by atoms with E-state index in [-0.39, 0.29) is 0 Å². The summed E-state index contributed by atoms with van der Waals surface area (Å²) in [6, 6.07) is 13.5. The molecule has 0 saturated carbocycles. The Kier molecular flexibility index (Phi) is 6.42. The number of methoxy groups -OCH3 is 2. The summed E-state index contributed by atoms with van der Waals surface area (Å²) in [7, 11) is 3.23. The van der Waals surface area contributed by atoms with Crippen LogP contribution in [-0.2, 0) is 12.3 Å². The number of hydrogen-bond acceptors (Lipinski definition) is 5. The summed E-state index contributed by atoms with van der Waals surface area (Å²) in [5, 5.41) is 10.3. The Bertz CT molecular complexity index is 943. The van der Waals surface area contributed by atoms with Crippen molar-refractivity contribution in [2.75, 3.05) is 14.2 Å². The van der Waals surface area contributed by atoms with Gasteiger partial charge >= 0.3 is 0 Å². The third kappa shape index (κ3) is 4.46. The Morgan fingerprint density at radius 2 is 1.93 bits per heavy atom. The minimum Gasteiger partial charge on any atom is -0.493 e. The van der Waals surface area contributed by atoms with E-state index in [1.165, 1.54) is 0 Å². The van der Waals surface area contributed by atoms with Gasteiger partial charge in [-0.15, -0.1) is 16.8 Å². The van der Waals surface area contributed by atoms with Crippen molar-refractivity contribution in [3.8, 4) is 22.9 Å². The summed E-state index contributed by atoms with van der Waals surface area (Å²) in [4.78, 5) is 0. The smallest absolute Gasteiger partial charge is 0.192 e. The van der Waals surface area contributed by atoms with Crippen LogP contribution in [0.4, 0.5) is 0 Å². The van der Waals surface area contributed by atoms with E-state index in [0.29, 0.717) is 18.0 Å². The first-order valence-corrected chi connectivity index (χ1v) is 9.66. The quantitative estimate of drug-likeness (QED) is 0.388. The van der Waals surface area contributed by atoms with E-state index >= 15 is 0 Å². The minimum absolute atomic E-state index is 0.606. The molecule has 3 rings (SSSR count). The maximum Gasteiger partial charge on any atom is 0.192 e. The SMILES string of the molecule is C=CCn1c(SCc2cccc(Cl)c2)nnc1-c1ccc(OC)c(OC)c1. The molecule has 0 bridgehead atoms. The summed E-state index contributed by atoms with van der Waals surface area (Å²) in [5.41, 5.74) is 2.03.